The van der Waals surface area contributed by atoms with Crippen LogP contribution in [-0.2, 0) is 36.4 Å². The Hall–Kier alpha value is -0.210. The van der Waals surface area contributed by atoms with Crippen LogP contribution in [-0.4, -0.2) is 32.2 Å². The SMILES string of the molecule is O=P(=O)C1(O)OP2(=O)OC(O)(O2)C1(O)P(=O)=O. The summed E-state index contributed by atoms with van der Waals surface area (Å²) in [5, 5.41) is 24.4. The van der Waals surface area contributed by atoms with Gasteiger partial charge in [0.15, 0.2) is 0 Å². The number of fused-ring (bicyclic) bond motifs is 2. The van der Waals surface area contributed by atoms with E-state index in [4.69, 9.17) is 0 Å². The topological polar surface area (TPSA) is 174 Å². The molecule has 3 rings (SSSR count). The number of phosphoric ester groups is 1. The highest BCUT2D eigenvalue weighted by Crippen LogP contribution is 2.78. The maximum Gasteiger partial charge on any atom is 0.487 e. The van der Waals surface area contributed by atoms with E-state index in [1.165, 1.54) is 0 Å². The van der Waals surface area contributed by atoms with Crippen LogP contribution >= 0.6 is 23.2 Å². The summed E-state index contributed by atoms with van der Waals surface area (Å²) in [6.07, 6.45) is 0. The quantitative estimate of drug-likeness (QED) is 0.560. The van der Waals surface area contributed by atoms with Crippen molar-refractivity contribution in [3.63, 3.8) is 0 Å². The molecule has 3 aliphatic heterocycles. The van der Waals surface area contributed by atoms with Crippen molar-refractivity contribution >= 4 is 23.2 Å². The van der Waals surface area contributed by atoms with Gasteiger partial charge in [-0.25, -0.2) is 36.4 Å². The van der Waals surface area contributed by atoms with Crippen LogP contribution in [0.3, 0.4) is 0 Å². The summed E-state index contributed by atoms with van der Waals surface area (Å²) in [6.45, 7) is 0. The largest absolute Gasteiger partial charge is 0.487 e. The Kier molecular flexibility index (Phi) is 2.50. The van der Waals surface area contributed by atoms with E-state index >= 15 is 0 Å². The van der Waals surface area contributed by atoms with Crippen LogP contribution in [0.15, 0.2) is 0 Å². The van der Waals surface area contributed by atoms with Crippen molar-refractivity contribution in [2.45, 2.75) is 16.8 Å². The molecule has 2 atom stereocenters. The zero-order valence-electron chi connectivity index (χ0n) is 7.45. The molecule has 14 heteroatoms. The highest BCUT2D eigenvalue weighted by atomic mass is 31.2. The molecule has 2 bridgehead atoms. The van der Waals surface area contributed by atoms with E-state index in [0.717, 1.165) is 0 Å². The van der Waals surface area contributed by atoms with Gasteiger partial charge in [0.25, 0.3) is 0 Å². The second-order valence-corrected chi connectivity index (χ2v) is 6.82. The molecule has 2 unspecified atom stereocenters. The molecular formula is C3H3O11P3. The molecule has 3 fully saturated rings. The van der Waals surface area contributed by atoms with E-state index in [0.29, 0.717) is 0 Å². The molecule has 0 radical (unpaired) electrons. The van der Waals surface area contributed by atoms with E-state index in [9.17, 15) is 38.1 Å². The van der Waals surface area contributed by atoms with Gasteiger partial charge in [0.05, 0.1) is 0 Å². The van der Waals surface area contributed by atoms with Gasteiger partial charge in [-0.15, -0.1) is 0 Å². The van der Waals surface area contributed by atoms with E-state index in [1.54, 1.807) is 0 Å². The predicted octanol–water partition coefficient (Wildman–Crippen LogP) is -0.502. The molecule has 11 nitrogen and oxygen atoms in total. The Bertz CT molecular complexity index is 547. The average Bonchev–Trinajstić information content (AvgIpc) is 2.10. The summed E-state index contributed by atoms with van der Waals surface area (Å²) >= 11 is 0. The van der Waals surface area contributed by atoms with Gasteiger partial charge in [-0.05, 0) is 0 Å². The number of hydrogen-bond donors (Lipinski definition) is 3. The van der Waals surface area contributed by atoms with Gasteiger partial charge in [0, 0.05) is 0 Å². The molecule has 96 valence electrons. The molecular weight excluding hydrogens is 305 g/mol. The Morgan fingerprint density at radius 2 is 1.35 bits per heavy atom. The van der Waals surface area contributed by atoms with E-state index in [2.05, 4.69) is 13.6 Å². The van der Waals surface area contributed by atoms with Crippen molar-refractivity contribution in [2.24, 2.45) is 0 Å². The third-order valence-corrected chi connectivity index (χ3v) is 5.89. The Labute approximate surface area is 92.5 Å². The van der Waals surface area contributed by atoms with Crippen molar-refractivity contribution in [2.75, 3.05) is 0 Å². The molecule has 0 aliphatic carbocycles. The van der Waals surface area contributed by atoms with E-state index < -0.39 is 40.0 Å². The molecule has 0 aromatic rings. The summed E-state index contributed by atoms with van der Waals surface area (Å²) in [5.41, 5.74) is -3.85. The van der Waals surface area contributed by atoms with Gasteiger partial charge in [0.1, 0.15) is 0 Å². The lowest BCUT2D eigenvalue weighted by atomic mass is 10.2. The summed E-state index contributed by atoms with van der Waals surface area (Å²) < 4.78 is 66.1. The number of aliphatic hydroxyl groups is 3. The van der Waals surface area contributed by atoms with Crippen LogP contribution in [0.2, 0.25) is 0 Å². The van der Waals surface area contributed by atoms with Crippen LogP contribution in [0, 0.1) is 0 Å². The minimum atomic E-state index is -4.61. The average molecular weight is 308 g/mol. The fourth-order valence-corrected chi connectivity index (χ4v) is 4.97. The molecule has 0 aromatic carbocycles. The number of hydrogen-bond acceptors (Lipinski definition) is 11. The summed E-state index contributed by atoms with van der Waals surface area (Å²) in [5.74, 6) is -3.49. The van der Waals surface area contributed by atoms with Gasteiger partial charge < -0.3 is 15.3 Å². The van der Waals surface area contributed by atoms with Gasteiger partial charge in [-0.3, -0.25) is 0 Å². The Morgan fingerprint density at radius 3 is 1.71 bits per heavy atom. The molecule has 3 N–H and O–H groups in total. The molecule has 17 heavy (non-hydrogen) atoms. The van der Waals surface area contributed by atoms with Crippen molar-refractivity contribution < 1.29 is 51.7 Å². The fourth-order valence-electron chi connectivity index (χ4n) is 1.29. The smallest absolute Gasteiger partial charge is 0.364 e. The molecule has 0 saturated carbocycles. The normalized spacial score (nSPS) is 52.6. The Morgan fingerprint density at radius 1 is 0.882 bits per heavy atom. The highest BCUT2D eigenvalue weighted by Gasteiger charge is 2.88. The third kappa shape index (κ3) is 1.31. The first-order valence-corrected chi connectivity index (χ1v) is 7.51. The maximum atomic E-state index is 11.2. The lowest BCUT2D eigenvalue weighted by Crippen LogP contribution is -2.73. The summed E-state index contributed by atoms with van der Waals surface area (Å²) in [4.78, 5) is 0. The highest BCUT2D eigenvalue weighted by molar-refractivity contribution is 7.51. The minimum Gasteiger partial charge on any atom is -0.364 e. The number of rotatable bonds is 2. The van der Waals surface area contributed by atoms with Gasteiger partial charge in [-0.1, -0.05) is 0 Å². The van der Waals surface area contributed by atoms with Crippen molar-refractivity contribution in [1.29, 1.82) is 0 Å². The second-order valence-electron chi connectivity index (χ2n) is 3.10. The summed E-state index contributed by atoms with van der Waals surface area (Å²) in [7, 11) is -13.0. The molecule has 3 aliphatic rings. The standard InChI is InChI=1S/C3H3O11P3/c4-1(15(7)8)2(5)12-17(11,13-2)14-3(1,6)16(9)10/h4-6H. The molecule has 0 spiro atoms. The van der Waals surface area contributed by atoms with Crippen LogP contribution in [0.4, 0.5) is 0 Å². The Balaban J connectivity index is 2.72. The number of phosphoric acid groups is 1. The van der Waals surface area contributed by atoms with Crippen LogP contribution < -0.4 is 0 Å². The van der Waals surface area contributed by atoms with Gasteiger partial charge in [-0.2, -0.15) is 0 Å². The van der Waals surface area contributed by atoms with Crippen LogP contribution in [0.25, 0.3) is 0 Å². The first kappa shape index (κ1) is 13.2. The zero-order valence-corrected chi connectivity index (χ0v) is 10.1. The summed E-state index contributed by atoms with van der Waals surface area (Å²) in [6, 6.07) is 0. The lowest BCUT2D eigenvalue weighted by molar-refractivity contribution is -0.459. The van der Waals surface area contributed by atoms with E-state index in [-0.39, 0.29) is 0 Å². The van der Waals surface area contributed by atoms with E-state index in [1.807, 2.05) is 0 Å². The van der Waals surface area contributed by atoms with Gasteiger partial charge >= 0.3 is 40.0 Å². The lowest BCUT2D eigenvalue weighted by Gasteiger charge is -2.54. The molecule has 3 saturated heterocycles. The van der Waals surface area contributed by atoms with Crippen LogP contribution in [0.5, 0.6) is 0 Å². The first-order chi connectivity index (χ1) is 7.51. The zero-order chi connectivity index (χ0) is 13.3. The molecule has 0 aromatic heterocycles. The monoisotopic (exact) mass is 308 g/mol. The molecule has 3 heterocycles. The van der Waals surface area contributed by atoms with Crippen molar-refractivity contribution in [3.05, 3.63) is 0 Å². The third-order valence-electron chi connectivity index (χ3n) is 2.12. The van der Waals surface area contributed by atoms with Gasteiger partial charge in [0.2, 0.25) is 0 Å². The maximum absolute atomic E-state index is 11.2. The second kappa shape index (κ2) is 3.21. The molecule has 0 amide bonds. The minimum absolute atomic E-state index is 3.49. The van der Waals surface area contributed by atoms with Crippen molar-refractivity contribution in [1.82, 2.24) is 0 Å². The van der Waals surface area contributed by atoms with Crippen molar-refractivity contribution in [3.8, 4) is 0 Å². The predicted molar refractivity (Wildman–Crippen MR) is 42.3 cm³/mol. The fraction of sp³-hybridized carbons (Fsp3) is 1.00. The first-order valence-electron chi connectivity index (χ1n) is 3.69. The van der Waals surface area contributed by atoms with Crippen LogP contribution in [0.1, 0.15) is 0 Å².